The predicted molar refractivity (Wildman–Crippen MR) is 94.2 cm³/mol. The van der Waals surface area contributed by atoms with Gasteiger partial charge in [0.1, 0.15) is 5.75 Å². The van der Waals surface area contributed by atoms with E-state index in [9.17, 15) is 5.11 Å². The van der Waals surface area contributed by atoms with Crippen LogP contribution < -0.4 is 10.5 Å². The fraction of sp³-hybridized carbons (Fsp3) is 0.333. The van der Waals surface area contributed by atoms with E-state index in [-0.39, 0.29) is 5.92 Å². The molecular formula is C15H17Br2NO2S. The zero-order valence-corrected chi connectivity index (χ0v) is 15.8. The Kier molecular flexibility index (Phi) is 5.85. The van der Waals surface area contributed by atoms with Crippen LogP contribution in [0.1, 0.15) is 28.7 Å². The molecule has 0 fully saturated rings. The maximum absolute atomic E-state index is 10.8. The van der Waals surface area contributed by atoms with E-state index in [0.29, 0.717) is 6.54 Å². The van der Waals surface area contributed by atoms with Crippen molar-refractivity contribution in [3.05, 3.63) is 48.5 Å². The standard InChI is InChI=1S/C15H17Br2NO2S/c1-8-3-4-12(20-2)9(5-8)11(7-18)14(19)10-6-13(16)21-15(10)17/h3-6,11,14,19H,7,18H2,1-2H3. The first-order chi connectivity index (χ1) is 9.97. The summed E-state index contributed by atoms with van der Waals surface area (Å²) in [6.07, 6.45) is -0.692. The predicted octanol–water partition coefficient (Wildman–Crippen LogP) is 4.37. The molecule has 0 aliphatic rings. The molecule has 3 nitrogen and oxygen atoms in total. The summed E-state index contributed by atoms with van der Waals surface area (Å²) in [5.41, 5.74) is 8.82. The highest BCUT2D eigenvalue weighted by molar-refractivity contribution is 9.12. The molecule has 1 aromatic carbocycles. The molecule has 2 unspecified atom stereocenters. The Hall–Kier alpha value is -0.400. The van der Waals surface area contributed by atoms with Crippen LogP contribution >= 0.6 is 43.2 Å². The van der Waals surface area contributed by atoms with E-state index >= 15 is 0 Å². The molecule has 0 aliphatic carbocycles. The molecular weight excluding hydrogens is 418 g/mol. The number of benzene rings is 1. The molecule has 0 bridgehead atoms. The molecule has 0 saturated carbocycles. The van der Waals surface area contributed by atoms with Crippen LogP contribution in [-0.2, 0) is 0 Å². The minimum Gasteiger partial charge on any atom is -0.496 e. The lowest BCUT2D eigenvalue weighted by Gasteiger charge is -2.24. The zero-order valence-electron chi connectivity index (χ0n) is 11.8. The van der Waals surface area contributed by atoms with Gasteiger partial charge in [0, 0.05) is 23.6 Å². The largest absolute Gasteiger partial charge is 0.496 e. The first-order valence-corrected chi connectivity index (χ1v) is 8.85. The number of hydrogen-bond acceptors (Lipinski definition) is 4. The topological polar surface area (TPSA) is 55.5 Å². The number of halogens is 2. The highest BCUT2D eigenvalue weighted by atomic mass is 79.9. The van der Waals surface area contributed by atoms with Gasteiger partial charge in [-0.2, -0.15) is 0 Å². The van der Waals surface area contributed by atoms with Crippen LogP contribution in [0.5, 0.6) is 5.75 Å². The maximum Gasteiger partial charge on any atom is 0.122 e. The quantitative estimate of drug-likeness (QED) is 0.734. The molecule has 0 saturated heterocycles. The van der Waals surface area contributed by atoms with Crippen molar-refractivity contribution in [1.29, 1.82) is 0 Å². The van der Waals surface area contributed by atoms with Crippen LogP contribution in [0.15, 0.2) is 31.8 Å². The van der Waals surface area contributed by atoms with Crippen molar-refractivity contribution in [3.63, 3.8) is 0 Å². The molecule has 6 heteroatoms. The van der Waals surface area contributed by atoms with Crippen LogP contribution in [0.2, 0.25) is 0 Å². The summed E-state index contributed by atoms with van der Waals surface area (Å²) in [6, 6.07) is 7.84. The lowest BCUT2D eigenvalue weighted by Crippen LogP contribution is -2.21. The van der Waals surface area contributed by atoms with Crippen molar-refractivity contribution in [2.45, 2.75) is 18.9 Å². The Morgan fingerprint density at radius 2 is 2.00 bits per heavy atom. The molecule has 2 aromatic rings. The minimum absolute atomic E-state index is 0.224. The molecule has 0 spiro atoms. The maximum atomic E-state index is 10.8. The molecule has 1 heterocycles. The first kappa shape index (κ1) is 17.0. The molecule has 1 aromatic heterocycles. The second-order valence-corrected chi connectivity index (χ2v) is 8.56. The van der Waals surface area contributed by atoms with Gasteiger partial charge in [0.2, 0.25) is 0 Å². The van der Waals surface area contributed by atoms with Crippen molar-refractivity contribution in [2.75, 3.05) is 13.7 Å². The molecule has 2 atom stereocenters. The third-order valence-electron chi connectivity index (χ3n) is 3.42. The summed E-state index contributed by atoms with van der Waals surface area (Å²) in [5, 5.41) is 10.8. The number of methoxy groups -OCH3 is 1. The molecule has 2 rings (SSSR count). The smallest absolute Gasteiger partial charge is 0.122 e. The van der Waals surface area contributed by atoms with E-state index in [0.717, 1.165) is 30.0 Å². The molecule has 0 radical (unpaired) electrons. The second kappa shape index (κ2) is 7.24. The van der Waals surface area contributed by atoms with Crippen LogP contribution in [0.25, 0.3) is 0 Å². The van der Waals surface area contributed by atoms with Crippen molar-refractivity contribution in [1.82, 2.24) is 0 Å². The highest BCUT2D eigenvalue weighted by Crippen LogP contribution is 2.42. The Morgan fingerprint density at radius 1 is 1.29 bits per heavy atom. The number of aliphatic hydroxyl groups excluding tert-OH is 1. The van der Waals surface area contributed by atoms with E-state index < -0.39 is 6.10 Å². The van der Waals surface area contributed by atoms with Gasteiger partial charge >= 0.3 is 0 Å². The summed E-state index contributed by atoms with van der Waals surface area (Å²) in [7, 11) is 1.63. The molecule has 21 heavy (non-hydrogen) atoms. The van der Waals surface area contributed by atoms with Gasteiger partial charge < -0.3 is 15.6 Å². The van der Waals surface area contributed by atoms with Crippen LogP contribution in [0.4, 0.5) is 0 Å². The van der Waals surface area contributed by atoms with E-state index in [1.807, 2.05) is 31.2 Å². The summed E-state index contributed by atoms with van der Waals surface area (Å²) >= 11 is 8.47. The first-order valence-electron chi connectivity index (χ1n) is 6.45. The number of rotatable bonds is 5. The lowest BCUT2D eigenvalue weighted by atomic mass is 9.89. The highest BCUT2D eigenvalue weighted by Gasteiger charge is 2.27. The fourth-order valence-electron chi connectivity index (χ4n) is 2.34. The summed E-state index contributed by atoms with van der Waals surface area (Å²) in [5.74, 6) is 0.526. The zero-order chi connectivity index (χ0) is 15.6. The number of aryl methyl sites for hydroxylation is 1. The fourth-order valence-corrected chi connectivity index (χ4v) is 5.25. The van der Waals surface area contributed by atoms with Crippen molar-refractivity contribution >= 4 is 43.2 Å². The van der Waals surface area contributed by atoms with E-state index in [2.05, 4.69) is 31.9 Å². The van der Waals surface area contributed by atoms with E-state index in [1.165, 1.54) is 11.3 Å². The van der Waals surface area contributed by atoms with Crippen LogP contribution in [0, 0.1) is 6.92 Å². The van der Waals surface area contributed by atoms with Gasteiger partial charge in [-0.25, -0.2) is 0 Å². The van der Waals surface area contributed by atoms with Gasteiger partial charge in [-0.05, 0) is 50.9 Å². The third-order valence-corrected chi connectivity index (χ3v) is 5.81. The van der Waals surface area contributed by atoms with Crippen molar-refractivity contribution < 1.29 is 9.84 Å². The molecule has 0 amide bonds. The van der Waals surface area contributed by atoms with Gasteiger partial charge in [0.25, 0.3) is 0 Å². The normalized spacial score (nSPS) is 14.0. The van der Waals surface area contributed by atoms with Crippen LogP contribution in [0.3, 0.4) is 0 Å². The van der Waals surface area contributed by atoms with Crippen LogP contribution in [-0.4, -0.2) is 18.8 Å². The Labute approximate surface area is 145 Å². The lowest BCUT2D eigenvalue weighted by molar-refractivity contribution is 0.145. The second-order valence-electron chi connectivity index (χ2n) is 4.81. The SMILES string of the molecule is COc1ccc(C)cc1C(CN)C(O)c1cc(Br)sc1Br. The summed E-state index contributed by atoms with van der Waals surface area (Å²) in [4.78, 5) is 0. The molecule has 3 N–H and O–H groups in total. The van der Waals surface area contributed by atoms with E-state index in [4.69, 9.17) is 10.5 Å². The monoisotopic (exact) mass is 433 g/mol. The number of thiophene rings is 1. The Morgan fingerprint density at radius 3 is 2.52 bits per heavy atom. The Balaban J connectivity index is 2.44. The average Bonchev–Trinajstić information content (AvgIpc) is 2.78. The molecule has 114 valence electrons. The minimum atomic E-state index is -0.692. The van der Waals surface area contributed by atoms with Crippen molar-refractivity contribution in [2.24, 2.45) is 5.73 Å². The number of ether oxygens (including phenoxy) is 1. The summed E-state index contributed by atoms with van der Waals surface area (Å²) in [6.45, 7) is 2.35. The number of hydrogen-bond donors (Lipinski definition) is 2. The third kappa shape index (κ3) is 3.68. The Bertz CT molecular complexity index is 630. The van der Waals surface area contributed by atoms with E-state index in [1.54, 1.807) is 7.11 Å². The van der Waals surface area contributed by atoms with Gasteiger partial charge in [-0.3, -0.25) is 0 Å². The average molecular weight is 435 g/mol. The molecule has 0 aliphatic heterocycles. The van der Waals surface area contributed by atoms with Gasteiger partial charge in [-0.1, -0.05) is 17.7 Å². The van der Waals surface area contributed by atoms with Crippen molar-refractivity contribution in [3.8, 4) is 5.75 Å². The number of aliphatic hydroxyl groups is 1. The van der Waals surface area contributed by atoms with Gasteiger partial charge in [-0.15, -0.1) is 11.3 Å². The summed E-state index contributed by atoms with van der Waals surface area (Å²) < 4.78 is 7.30. The van der Waals surface area contributed by atoms with Gasteiger partial charge in [0.05, 0.1) is 20.8 Å². The number of nitrogens with two attached hydrogens (primary N) is 1. The van der Waals surface area contributed by atoms with Gasteiger partial charge in [0.15, 0.2) is 0 Å².